The van der Waals surface area contributed by atoms with Crippen molar-refractivity contribution in [2.75, 3.05) is 13.1 Å². The second kappa shape index (κ2) is 8.20. The van der Waals surface area contributed by atoms with E-state index < -0.39 is 0 Å². The SMILES string of the molecule is CCN(CC)Cc1c(O)ccc2c(=O)c(-c3nc4ccccc4s3)c(C(C)C)oc12. The summed E-state index contributed by atoms with van der Waals surface area (Å²) in [7, 11) is 0. The Morgan fingerprint density at radius 3 is 2.53 bits per heavy atom. The fourth-order valence-electron chi connectivity index (χ4n) is 3.73. The number of hydrogen-bond acceptors (Lipinski definition) is 6. The maximum Gasteiger partial charge on any atom is 0.203 e. The number of benzene rings is 2. The number of phenolic OH excluding ortho intramolecular Hbond substituents is 1. The highest BCUT2D eigenvalue weighted by molar-refractivity contribution is 7.21. The van der Waals surface area contributed by atoms with E-state index in [1.807, 2.05) is 38.1 Å². The molecular formula is C24H26N2O3S. The summed E-state index contributed by atoms with van der Waals surface area (Å²) >= 11 is 1.50. The molecular weight excluding hydrogens is 396 g/mol. The Kier molecular flexibility index (Phi) is 5.62. The van der Waals surface area contributed by atoms with Crippen molar-refractivity contribution in [3.05, 3.63) is 57.9 Å². The third-order valence-electron chi connectivity index (χ3n) is 5.47. The quantitative estimate of drug-likeness (QED) is 0.429. The van der Waals surface area contributed by atoms with Gasteiger partial charge in [0.15, 0.2) is 0 Å². The van der Waals surface area contributed by atoms with E-state index >= 15 is 0 Å². The highest BCUT2D eigenvalue weighted by Crippen LogP contribution is 2.37. The predicted octanol–water partition coefficient (Wildman–Crippen LogP) is 5.74. The minimum Gasteiger partial charge on any atom is -0.507 e. The molecule has 0 radical (unpaired) electrons. The van der Waals surface area contributed by atoms with Crippen molar-refractivity contribution < 1.29 is 9.52 Å². The molecule has 4 rings (SSSR count). The van der Waals surface area contributed by atoms with E-state index in [1.165, 1.54) is 11.3 Å². The van der Waals surface area contributed by atoms with Crippen LogP contribution in [0.3, 0.4) is 0 Å². The number of para-hydroxylation sites is 1. The molecule has 0 bridgehead atoms. The molecule has 0 amide bonds. The predicted molar refractivity (Wildman–Crippen MR) is 123 cm³/mol. The zero-order chi connectivity index (χ0) is 21.4. The Bertz CT molecular complexity index is 1240. The van der Waals surface area contributed by atoms with Crippen LogP contribution in [0.15, 0.2) is 45.6 Å². The van der Waals surface area contributed by atoms with Gasteiger partial charge in [-0.15, -0.1) is 11.3 Å². The summed E-state index contributed by atoms with van der Waals surface area (Å²) in [5.41, 5.74) is 2.43. The summed E-state index contributed by atoms with van der Waals surface area (Å²) in [4.78, 5) is 20.5. The molecule has 156 valence electrons. The molecule has 0 atom stereocenters. The van der Waals surface area contributed by atoms with Crippen molar-refractivity contribution in [1.82, 2.24) is 9.88 Å². The number of phenols is 1. The van der Waals surface area contributed by atoms with Crippen molar-refractivity contribution >= 4 is 32.5 Å². The first kappa shape index (κ1) is 20.6. The summed E-state index contributed by atoms with van der Waals surface area (Å²) in [6.45, 7) is 10.4. The number of aromatic hydroxyl groups is 1. The molecule has 2 aromatic heterocycles. The summed E-state index contributed by atoms with van der Waals surface area (Å²) in [5.74, 6) is 0.755. The molecule has 0 fully saturated rings. The largest absolute Gasteiger partial charge is 0.507 e. The number of fused-ring (bicyclic) bond motifs is 2. The molecule has 0 saturated carbocycles. The molecule has 0 aliphatic heterocycles. The molecule has 0 aliphatic carbocycles. The van der Waals surface area contributed by atoms with Crippen LogP contribution in [0.4, 0.5) is 0 Å². The van der Waals surface area contributed by atoms with Crippen LogP contribution in [0.2, 0.25) is 0 Å². The Labute approximate surface area is 179 Å². The molecule has 30 heavy (non-hydrogen) atoms. The zero-order valence-corrected chi connectivity index (χ0v) is 18.5. The molecule has 6 heteroatoms. The summed E-state index contributed by atoms with van der Waals surface area (Å²) in [6.07, 6.45) is 0. The molecule has 5 nitrogen and oxygen atoms in total. The van der Waals surface area contributed by atoms with E-state index in [0.717, 1.165) is 23.3 Å². The molecule has 0 spiro atoms. The first-order valence-electron chi connectivity index (χ1n) is 10.3. The van der Waals surface area contributed by atoms with E-state index in [2.05, 4.69) is 18.7 Å². The molecule has 0 saturated heterocycles. The molecule has 2 heterocycles. The topological polar surface area (TPSA) is 66.6 Å². The molecule has 0 unspecified atom stereocenters. The smallest absolute Gasteiger partial charge is 0.203 e. The minimum atomic E-state index is -0.0974. The Morgan fingerprint density at radius 1 is 1.13 bits per heavy atom. The van der Waals surface area contributed by atoms with Crippen molar-refractivity contribution in [1.29, 1.82) is 0 Å². The second-order valence-electron chi connectivity index (χ2n) is 7.71. The molecule has 2 aromatic carbocycles. The third kappa shape index (κ3) is 3.50. The Balaban J connectivity index is 2.01. The lowest BCUT2D eigenvalue weighted by molar-refractivity contribution is 0.290. The van der Waals surface area contributed by atoms with Crippen molar-refractivity contribution in [2.45, 2.75) is 40.2 Å². The van der Waals surface area contributed by atoms with Gasteiger partial charge in [-0.2, -0.15) is 0 Å². The highest BCUT2D eigenvalue weighted by atomic mass is 32.1. The molecule has 0 aliphatic rings. The lowest BCUT2D eigenvalue weighted by Gasteiger charge is -2.20. The first-order chi connectivity index (χ1) is 14.4. The molecule has 4 aromatic rings. The average Bonchev–Trinajstić information content (AvgIpc) is 3.16. The second-order valence-corrected chi connectivity index (χ2v) is 8.74. The van der Waals surface area contributed by atoms with Gasteiger partial charge in [0.25, 0.3) is 0 Å². The molecule has 1 N–H and O–H groups in total. The number of aromatic nitrogens is 1. The van der Waals surface area contributed by atoms with Crippen molar-refractivity contribution in [2.24, 2.45) is 0 Å². The van der Waals surface area contributed by atoms with Crippen molar-refractivity contribution in [3.8, 4) is 16.3 Å². The van der Waals surface area contributed by atoms with Gasteiger partial charge in [-0.3, -0.25) is 9.69 Å². The third-order valence-corrected chi connectivity index (χ3v) is 6.53. The van der Waals surface area contributed by atoms with Gasteiger partial charge in [0.05, 0.1) is 26.7 Å². The maximum atomic E-state index is 13.6. The van der Waals surface area contributed by atoms with Gasteiger partial charge >= 0.3 is 0 Å². The normalized spacial score (nSPS) is 11.9. The van der Waals surface area contributed by atoms with E-state index in [4.69, 9.17) is 9.40 Å². The van der Waals surface area contributed by atoms with Crippen LogP contribution in [0, 0.1) is 0 Å². The Hall–Kier alpha value is -2.70. The summed E-state index contributed by atoms with van der Waals surface area (Å²) in [5, 5.41) is 11.7. The van der Waals surface area contributed by atoms with Crippen LogP contribution in [0.1, 0.15) is 44.9 Å². The van der Waals surface area contributed by atoms with E-state index in [-0.39, 0.29) is 17.1 Å². The van der Waals surface area contributed by atoms with E-state index in [9.17, 15) is 9.90 Å². The highest BCUT2D eigenvalue weighted by Gasteiger charge is 2.24. The summed E-state index contributed by atoms with van der Waals surface area (Å²) < 4.78 is 7.40. The van der Waals surface area contributed by atoms with Gasteiger partial charge in [-0.05, 0) is 37.4 Å². The van der Waals surface area contributed by atoms with Gasteiger partial charge < -0.3 is 9.52 Å². The van der Waals surface area contributed by atoms with Gasteiger partial charge in [0, 0.05) is 12.5 Å². The van der Waals surface area contributed by atoms with E-state index in [1.54, 1.807) is 12.1 Å². The number of hydrogen-bond donors (Lipinski definition) is 1. The van der Waals surface area contributed by atoms with Gasteiger partial charge in [-0.25, -0.2) is 4.98 Å². The Morgan fingerprint density at radius 2 is 1.87 bits per heavy atom. The van der Waals surface area contributed by atoms with Crippen molar-refractivity contribution in [3.63, 3.8) is 0 Å². The maximum absolute atomic E-state index is 13.6. The van der Waals surface area contributed by atoms with E-state index in [0.29, 0.717) is 39.4 Å². The monoisotopic (exact) mass is 422 g/mol. The van der Waals surface area contributed by atoms with Gasteiger partial charge in [0.2, 0.25) is 5.43 Å². The average molecular weight is 423 g/mol. The standard InChI is InChI=1S/C24H26N2O3S/c1-5-26(6-2)13-16-18(27)12-11-15-21(28)20(22(14(3)4)29-23(15)16)24-25-17-9-7-8-10-19(17)30-24/h7-12,14,27H,5-6,13H2,1-4H3. The number of nitrogens with zero attached hydrogens (tertiary/aromatic N) is 2. The fourth-order valence-corrected chi connectivity index (χ4v) is 4.74. The lowest BCUT2D eigenvalue weighted by Crippen LogP contribution is -2.22. The van der Waals surface area contributed by atoms with Crippen LogP contribution in [-0.2, 0) is 6.54 Å². The first-order valence-corrected chi connectivity index (χ1v) is 11.2. The van der Waals surface area contributed by atoms with Gasteiger partial charge in [-0.1, -0.05) is 39.8 Å². The van der Waals surface area contributed by atoms with Crippen LogP contribution in [-0.4, -0.2) is 28.1 Å². The van der Waals surface area contributed by atoms with Crippen LogP contribution >= 0.6 is 11.3 Å². The van der Waals surface area contributed by atoms with Gasteiger partial charge in [0.1, 0.15) is 22.1 Å². The minimum absolute atomic E-state index is 0.00670. The number of rotatable bonds is 6. The summed E-state index contributed by atoms with van der Waals surface area (Å²) in [6, 6.07) is 11.1. The van der Waals surface area contributed by atoms with Crippen LogP contribution in [0.5, 0.6) is 5.75 Å². The lowest BCUT2D eigenvalue weighted by atomic mass is 10.0. The number of thiazole rings is 1. The van der Waals surface area contributed by atoms with Crippen LogP contribution in [0.25, 0.3) is 31.8 Å². The zero-order valence-electron chi connectivity index (χ0n) is 17.7. The van der Waals surface area contributed by atoms with Crippen LogP contribution < -0.4 is 5.43 Å². The fraction of sp³-hybridized carbons (Fsp3) is 0.333.